The molecule has 0 spiro atoms. The summed E-state index contributed by atoms with van der Waals surface area (Å²) >= 11 is 0. The van der Waals surface area contributed by atoms with Crippen molar-refractivity contribution < 1.29 is 13.9 Å². The minimum absolute atomic E-state index is 0.0735. The van der Waals surface area contributed by atoms with Gasteiger partial charge < -0.3 is 14.5 Å². The highest BCUT2D eigenvalue weighted by Crippen LogP contribution is 2.18. The number of likely N-dealkylation sites (N-methyl/N-ethyl adjacent to an activating group) is 2. The van der Waals surface area contributed by atoms with Crippen LogP contribution in [0.25, 0.3) is 0 Å². The smallest absolute Gasteiger partial charge is 0.246 e. The van der Waals surface area contributed by atoms with Crippen molar-refractivity contribution in [2.24, 2.45) is 0 Å². The Bertz CT molecular complexity index is 501. The second-order valence-electron chi connectivity index (χ2n) is 4.99. The zero-order valence-electron chi connectivity index (χ0n) is 13.1. The Labute approximate surface area is 125 Å². The SMILES string of the molecule is CCN(Cc1ccc(OC)c(F)c1)C(=O)/C=C/CN(C)C. The first-order chi connectivity index (χ1) is 9.97. The van der Waals surface area contributed by atoms with E-state index < -0.39 is 5.82 Å². The number of methoxy groups -OCH3 is 1. The molecule has 5 heteroatoms. The molecule has 0 N–H and O–H groups in total. The zero-order valence-corrected chi connectivity index (χ0v) is 13.1. The van der Waals surface area contributed by atoms with Crippen LogP contribution in [0.5, 0.6) is 5.75 Å². The maximum Gasteiger partial charge on any atom is 0.246 e. The normalized spacial score (nSPS) is 11.1. The molecule has 1 rings (SSSR count). The lowest BCUT2D eigenvalue weighted by Crippen LogP contribution is -2.29. The van der Waals surface area contributed by atoms with Crippen LogP contribution in [0.3, 0.4) is 0 Å². The van der Waals surface area contributed by atoms with E-state index in [-0.39, 0.29) is 11.7 Å². The van der Waals surface area contributed by atoms with Gasteiger partial charge in [-0.25, -0.2) is 4.39 Å². The highest BCUT2D eigenvalue weighted by Gasteiger charge is 2.11. The summed E-state index contributed by atoms with van der Waals surface area (Å²) in [6.07, 6.45) is 3.38. The van der Waals surface area contributed by atoms with Crippen LogP contribution >= 0.6 is 0 Å². The van der Waals surface area contributed by atoms with Crippen molar-refractivity contribution in [2.75, 3.05) is 34.3 Å². The Morgan fingerprint density at radius 2 is 2.10 bits per heavy atom. The maximum absolute atomic E-state index is 13.6. The van der Waals surface area contributed by atoms with Gasteiger partial charge in [0.2, 0.25) is 5.91 Å². The second kappa shape index (κ2) is 8.42. The van der Waals surface area contributed by atoms with Crippen molar-refractivity contribution in [1.29, 1.82) is 0 Å². The number of carbonyl (C=O) groups excluding carboxylic acids is 1. The lowest BCUT2D eigenvalue weighted by Gasteiger charge is -2.19. The highest BCUT2D eigenvalue weighted by atomic mass is 19.1. The molecule has 0 heterocycles. The van der Waals surface area contributed by atoms with E-state index in [1.54, 1.807) is 23.1 Å². The Kier molecular flexibility index (Phi) is 6.88. The van der Waals surface area contributed by atoms with E-state index in [1.165, 1.54) is 13.2 Å². The van der Waals surface area contributed by atoms with Crippen LogP contribution in [0.1, 0.15) is 12.5 Å². The molecule has 0 radical (unpaired) electrons. The van der Waals surface area contributed by atoms with Gasteiger partial charge in [0.1, 0.15) is 0 Å². The first-order valence-corrected chi connectivity index (χ1v) is 6.90. The molecule has 0 fully saturated rings. The molecule has 116 valence electrons. The average molecular weight is 294 g/mol. The minimum Gasteiger partial charge on any atom is -0.494 e. The molecule has 0 bridgehead atoms. The zero-order chi connectivity index (χ0) is 15.8. The van der Waals surface area contributed by atoms with Gasteiger partial charge >= 0.3 is 0 Å². The number of halogens is 1. The standard InChI is InChI=1S/C16H23FN2O2/c1-5-19(16(20)7-6-10-18(2)3)12-13-8-9-15(21-4)14(17)11-13/h6-9,11H,5,10,12H2,1-4H3/b7-6+. The van der Waals surface area contributed by atoms with Crippen molar-refractivity contribution >= 4 is 5.91 Å². The molecule has 0 aliphatic heterocycles. The summed E-state index contributed by atoms with van der Waals surface area (Å²) < 4.78 is 18.5. The third-order valence-corrected chi connectivity index (χ3v) is 3.01. The van der Waals surface area contributed by atoms with E-state index in [1.807, 2.05) is 32.0 Å². The van der Waals surface area contributed by atoms with Crippen LogP contribution in [0, 0.1) is 5.82 Å². The van der Waals surface area contributed by atoms with Gasteiger partial charge in [0, 0.05) is 25.7 Å². The number of nitrogens with zero attached hydrogens (tertiary/aromatic N) is 2. The lowest BCUT2D eigenvalue weighted by molar-refractivity contribution is -0.126. The van der Waals surface area contributed by atoms with E-state index in [2.05, 4.69) is 0 Å². The summed E-state index contributed by atoms with van der Waals surface area (Å²) in [4.78, 5) is 15.7. The number of amides is 1. The molecule has 1 amide bonds. The van der Waals surface area contributed by atoms with Gasteiger partial charge in [0.25, 0.3) is 0 Å². The third-order valence-electron chi connectivity index (χ3n) is 3.01. The van der Waals surface area contributed by atoms with Gasteiger partial charge in [-0.15, -0.1) is 0 Å². The Hall–Kier alpha value is -1.88. The summed E-state index contributed by atoms with van der Waals surface area (Å²) in [6.45, 7) is 3.55. The fraction of sp³-hybridized carbons (Fsp3) is 0.438. The molecule has 0 saturated heterocycles. The molecule has 0 aliphatic rings. The van der Waals surface area contributed by atoms with Crippen molar-refractivity contribution in [2.45, 2.75) is 13.5 Å². The molecule has 0 unspecified atom stereocenters. The quantitative estimate of drug-likeness (QED) is 0.723. The van der Waals surface area contributed by atoms with Gasteiger partial charge in [-0.05, 0) is 38.7 Å². The number of benzene rings is 1. The predicted molar refractivity (Wildman–Crippen MR) is 81.7 cm³/mol. The van der Waals surface area contributed by atoms with Crippen LogP contribution in [0.4, 0.5) is 4.39 Å². The number of carbonyl (C=O) groups is 1. The van der Waals surface area contributed by atoms with Crippen LogP contribution in [0.2, 0.25) is 0 Å². The molecule has 0 atom stereocenters. The van der Waals surface area contributed by atoms with E-state index in [4.69, 9.17) is 4.74 Å². The van der Waals surface area contributed by atoms with E-state index >= 15 is 0 Å². The van der Waals surface area contributed by atoms with Crippen molar-refractivity contribution in [1.82, 2.24) is 9.80 Å². The minimum atomic E-state index is -0.415. The molecule has 1 aromatic rings. The monoisotopic (exact) mass is 294 g/mol. The largest absolute Gasteiger partial charge is 0.494 e. The Morgan fingerprint density at radius 1 is 1.38 bits per heavy atom. The van der Waals surface area contributed by atoms with Crippen molar-refractivity contribution in [3.8, 4) is 5.75 Å². The number of hydrogen-bond donors (Lipinski definition) is 0. The van der Waals surface area contributed by atoms with E-state index in [0.29, 0.717) is 19.6 Å². The van der Waals surface area contributed by atoms with Gasteiger partial charge in [0.15, 0.2) is 11.6 Å². The fourth-order valence-electron chi connectivity index (χ4n) is 1.84. The number of ether oxygens (including phenoxy) is 1. The van der Waals surface area contributed by atoms with Crippen molar-refractivity contribution in [3.05, 3.63) is 41.7 Å². The summed E-state index contributed by atoms with van der Waals surface area (Å²) in [5.41, 5.74) is 0.740. The topological polar surface area (TPSA) is 32.8 Å². The lowest BCUT2D eigenvalue weighted by atomic mass is 10.2. The second-order valence-corrected chi connectivity index (χ2v) is 4.99. The van der Waals surface area contributed by atoms with Gasteiger partial charge in [0.05, 0.1) is 7.11 Å². The third kappa shape index (κ3) is 5.55. The summed E-state index contributed by atoms with van der Waals surface area (Å²) in [7, 11) is 5.30. The molecule has 4 nitrogen and oxygen atoms in total. The van der Waals surface area contributed by atoms with Crippen LogP contribution in [-0.2, 0) is 11.3 Å². The van der Waals surface area contributed by atoms with E-state index in [9.17, 15) is 9.18 Å². The molecule has 0 saturated carbocycles. The van der Waals surface area contributed by atoms with E-state index in [0.717, 1.165) is 5.56 Å². The van der Waals surface area contributed by atoms with Crippen LogP contribution in [0.15, 0.2) is 30.4 Å². The van der Waals surface area contributed by atoms with Crippen LogP contribution < -0.4 is 4.74 Å². The van der Waals surface area contributed by atoms with Crippen molar-refractivity contribution in [3.63, 3.8) is 0 Å². The van der Waals surface area contributed by atoms with Crippen LogP contribution in [-0.4, -0.2) is 50.0 Å². The maximum atomic E-state index is 13.6. The summed E-state index contributed by atoms with van der Waals surface area (Å²) in [6, 6.07) is 4.74. The Morgan fingerprint density at radius 3 is 2.62 bits per heavy atom. The Balaban J connectivity index is 2.71. The molecule has 0 aliphatic carbocycles. The molecular formula is C16H23FN2O2. The van der Waals surface area contributed by atoms with Gasteiger partial charge in [-0.3, -0.25) is 4.79 Å². The highest BCUT2D eigenvalue weighted by molar-refractivity contribution is 5.87. The molecule has 1 aromatic carbocycles. The average Bonchev–Trinajstić information content (AvgIpc) is 2.44. The summed E-state index contributed by atoms with van der Waals surface area (Å²) in [5.74, 6) is -0.281. The van der Waals surface area contributed by atoms with Gasteiger partial charge in [-0.1, -0.05) is 12.1 Å². The predicted octanol–water partition coefficient (Wildman–Crippen LogP) is 2.30. The first kappa shape index (κ1) is 17.2. The number of hydrogen-bond acceptors (Lipinski definition) is 3. The molecular weight excluding hydrogens is 271 g/mol. The van der Waals surface area contributed by atoms with Gasteiger partial charge in [-0.2, -0.15) is 0 Å². The summed E-state index contributed by atoms with van der Waals surface area (Å²) in [5, 5.41) is 0. The fourth-order valence-corrected chi connectivity index (χ4v) is 1.84. The number of rotatable bonds is 7. The first-order valence-electron chi connectivity index (χ1n) is 6.90. The molecule has 0 aromatic heterocycles. The molecule has 21 heavy (non-hydrogen) atoms.